The molecule has 2 heterocycles. The molecule has 1 unspecified atom stereocenters. The van der Waals surface area contributed by atoms with Crippen molar-refractivity contribution in [3.63, 3.8) is 0 Å². The smallest absolute Gasteiger partial charge is 0.335 e. The average molecular weight is 380 g/mol. The molecule has 7 nitrogen and oxygen atoms in total. The highest BCUT2D eigenvalue weighted by molar-refractivity contribution is 8.13. The maximum Gasteiger partial charge on any atom is 0.335 e. The van der Waals surface area contributed by atoms with Crippen LogP contribution < -0.4 is 15.9 Å². The number of aromatic carboxylic acids is 1. The van der Waals surface area contributed by atoms with Crippen molar-refractivity contribution < 1.29 is 14.7 Å². The van der Waals surface area contributed by atoms with Crippen molar-refractivity contribution in [3.8, 4) is 0 Å². The van der Waals surface area contributed by atoms with Crippen LogP contribution in [0.15, 0.2) is 58.6 Å². The number of hydrogen-bond acceptors (Lipinski definition) is 6. The van der Waals surface area contributed by atoms with Gasteiger partial charge < -0.3 is 5.11 Å². The van der Waals surface area contributed by atoms with E-state index in [0.717, 1.165) is 16.5 Å². The van der Waals surface area contributed by atoms with E-state index < -0.39 is 12.1 Å². The molecule has 0 fully saturated rings. The number of carboxylic acid groups (broad SMARTS) is 1. The highest BCUT2D eigenvalue weighted by Gasteiger charge is 2.34. The molecule has 2 aliphatic heterocycles. The van der Waals surface area contributed by atoms with Crippen LogP contribution >= 0.6 is 11.8 Å². The van der Waals surface area contributed by atoms with Crippen LogP contribution in [0.4, 0.5) is 0 Å². The lowest BCUT2D eigenvalue weighted by Crippen LogP contribution is -2.50. The van der Waals surface area contributed by atoms with E-state index in [2.05, 4.69) is 10.4 Å². The van der Waals surface area contributed by atoms with Gasteiger partial charge in [0.25, 0.3) is 5.91 Å². The van der Waals surface area contributed by atoms with Crippen molar-refractivity contribution in [2.24, 2.45) is 10.1 Å². The van der Waals surface area contributed by atoms with Gasteiger partial charge in [-0.15, -0.1) is 5.10 Å². The summed E-state index contributed by atoms with van der Waals surface area (Å²) in [5.74, 6) is -0.444. The van der Waals surface area contributed by atoms with Gasteiger partial charge in [0, 0.05) is 5.22 Å². The lowest BCUT2D eigenvalue weighted by atomic mass is 10.1. The van der Waals surface area contributed by atoms with Gasteiger partial charge in [-0.3, -0.25) is 15.1 Å². The summed E-state index contributed by atoms with van der Waals surface area (Å²) in [6, 6.07) is 13.9. The van der Waals surface area contributed by atoms with Crippen molar-refractivity contribution in [3.05, 3.63) is 70.2 Å². The molecule has 4 rings (SSSR count). The van der Waals surface area contributed by atoms with Gasteiger partial charge in [-0.25, -0.2) is 9.80 Å². The summed E-state index contributed by atoms with van der Waals surface area (Å²) >= 11 is 1.44. The molecular weight excluding hydrogens is 364 g/mol. The molecule has 0 bridgehead atoms. The Morgan fingerprint density at radius 3 is 2.67 bits per heavy atom. The number of amidine groups is 1. The zero-order valence-electron chi connectivity index (χ0n) is 14.4. The van der Waals surface area contributed by atoms with E-state index in [1.807, 2.05) is 31.2 Å². The quantitative estimate of drug-likeness (QED) is 0.837. The van der Waals surface area contributed by atoms with Crippen LogP contribution in [0.5, 0.6) is 0 Å². The highest BCUT2D eigenvalue weighted by Crippen LogP contribution is 2.30. The predicted molar refractivity (Wildman–Crippen MR) is 102 cm³/mol. The maximum atomic E-state index is 12.8. The Kier molecular flexibility index (Phi) is 4.41. The van der Waals surface area contributed by atoms with E-state index in [4.69, 9.17) is 10.1 Å². The van der Waals surface area contributed by atoms with Gasteiger partial charge in [0.2, 0.25) is 0 Å². The zero-order valence-corrected chi connectivity index (χ0v) is 15.2. The molecule has 0 radical (unpaired) electrons. The summed E-state index contributed by atoms with van der Waals surface area (Å²) in [7, 11) is 0. The van der Waals surface area contributed by atoms with Crippen LogP contribution in [0.3, 0.4) is 0 Å². The summed E-state index contributed by atoms with van der Waals surface area (Å²) in [4.78, 5) is 28.7. The van der Waals surface area contributed by atoms with Crippen LogP contribution in [0.1, 0.15) is 29.0 Å². The first-order chi connectivity index (χ1) is 13.1. The van der Waals surface area contributed by atoms with Gasteiger partial charge in [-0.1, -0.05) is 49.0 Å². The molecule has 0 spiro atoms. The number of carbonyl (C=O) groups is 2. The fraction of sp³-hybridized carbons (Fsp3) is 0.158. The second kappa shape index (κ2) is 6.88. The number of hydrogen-bond donors (Lipinski definition) is 2. The van der Waals surface area contributed by atoms with E-state index in [0.29, 0.717) is 16.2 Å². The summed E-state index contributed by atoms with van der Waals surface area (Å²) in [5.41, 5.74) is 1.39. The van der Waals surface area contributed by atoms with Crippen molar-refractivity contribution in [2.45, 2.75) is 13.1 Å². The first-order valence-corrected chi connectivity index (χ1v) is 9.39. The molecule has 1 atom stereocenters. The number of nitrogens with one attached hydrogen (secondary N) is 1. The van der Waals surface area contributed by atoms with Crippen LogP contribution in [0.2, 0.25) is 0 Å². The van der Waals surface area contributed by atoms with Crippen LogP contribution in [0, 0.1) is 0 Å². The summed E-state index contributed by atoms with van der Waals surface area (Å²) in [6.45, 7) is 1.98. The van der Waals surface area contributed by atoms with Gasteiger partial charge in [0.05, 0.1) is 10.9 Å². The first-order valence-electron chi connectivity index (χ1n) is 8.41. The van der Waals surface area contributed by atoms with Gasteiger partial charge in [0.1, 0.15) is 5.70 Å². The number of amides is 1. The maximum absolute atomic E-state index is 12.8. The standard InChI is InChI=1S/C19H16N4O3S/c1-2-27-19-21-17(24)15-13-5-3-4-6-14(13)20-16(23(15)22-19)11-7-9-12(10-8-11)18(25)26/h3-10,16H,2H2,1H3,(H,25,26)(H,21,22,24). The van der Waals surface area contributed by atoms with Gasteiger partial charge in [0.15, 0.2) is 11.3 Å². The van der Waals surface area contributed by atoms with Crippen LogP contribution in [-0.2, 0) is 4.79 Å². The minimum atomic E-state index is -0.989. The number of carbonyl (C=O) groups excluding carboxylic acids is 1. The van der Waals surface area contributed by atoms with Crippen molar-refractivity contribution >= 4 is 34.5 Å². The molecule has 0 aliphatic carbocycles. The Labute approximate surface area is 159 Å². The van der Waals surface area contributed by atoms with E-state index in [1.165, 1.54) is 23.9 Å². The Morgan fingerprint density at radius 1 is 1.22 bits per heavy atom. The van der Waals surface area contributed by atoms with Crippen LogP contribution in [-0.4, -0.2) is 32.9 Å². The molecule has 0 saturated carbocycles. The Balaban J connectivity index is 1.89. The Hall–Kier alpha value is -3.13. The third kappa shape index (κ3) is 3.08. The SMILES string of the molecule is CCSC1=NN2C(=c3ccccc3=NC2c2ccc(C(=O)O)cc2)C(=O)N1. The van der Waals surface area contributed by atoms with Crippen molar-refractivity contribution in [1.29, 1.82) is 0 Å². The van der Waals surface area contributed by atoms with E-state index in [9.17, 15) is 9.59 Å². The zero-order chi connectivity index (χ0) is 19.0. The minimum Gasteiger partial charge on any atom is -0.478 e. The van der Waals surface area contributed by atoms with E-state index in [1.54, 1.807) is 17.1 Å². The largest absolute Gasteiger partial charge is 0.478 e. The average Bonchev–Trinajstić information content (AvgIpc) is 2.67. The monoisotopic (exact) mass is 380 g/mol. The van der Waals surface area contributed by atoms with Gasteiger partial charge in [-0.05, 0) is 29.5 Å². The molecule has 1 amide bonds. The molecule has 8 heteroatoms. The van der Waals surface area contributed by atoms with Crippen molar-refractivity contribution in [2.75, 3.05) is 5.75 Å². The first kappa shape index (κ1) is 17.3. The van der Waals surface area contributed by atoms with E-state index >= 15 is 0 Å². The van der Waals surface area contributed by atoms with Gasteiger partial charge >= 0.3 is 5.97 Å². The normalized spacial score (nSPS) is 18.0. The molecule has 2 aliphatic rings. The third-order valence-corrected chi connectivity index (χ3v) is 5.00. The Bertz CT molecular complexity index is 1080. The lowest BCUT2D eigenvalue weighted by molar-refractivity contribution is -0.116. The molecular formula is C19H16N4O3S. The second-order valence-electron chi connectivity index (χ2n) is 5.93. The van der Waals surface area contributed by atoms with E-state index in [-0.39, 0.29) is 11.5 Å². The molecule has 2 aromatic rings. The number of nitrogens with zero attached hydrogens (tertiary/aromatic N) is 3. The molecule has 0 aromatic heterocycles. The fourth-order valence-electron chi connectivity index (χ4n) is 3.04. The number of para-hydroxylation sites is 1. The number of thioether (sulfide) groups is 1. The highest BCUT2D eigenvalue weighted by atomic mass is 32.2. The fourth-order valence-corrected chi connectivity index (χ4v) is 3.63. The molecule has 136 valence electrons. The van der Waals surface area contributed by atoms with Crippen molar-refractivity contribution in [1.82, 2.24) is 10.3 Å². The minimum absolute atomic E-state index is 0.196. The summed E-state index contributed by atoms with van der Waals surface area (Å²) in [5, 5.41) is 20.1. The van der Waals surface area contributed by atoms with Gasteiger partial charge in [-0.2, -0.15) is 0 Å². The Morgan fingerprint density at radius 2 is 1.96 bits per heavy atom. The lowest BCUT2D eigenvalue weighted by Gasteiger charge is -2.34. The molecule has 2 aromatic carbocycles. The summed E-state index contributed by atoms with van der Waals surface area (Å²) in [6.07, 6.45) is -0.545. The third-order valence-electron chi connectivity index (χ3n) is 4.25. The number of rotatable bonds is 3. The second-order valence-corrected chi connectivity index (χ2v) is 7.19. The topological polar surface area (TPSA) is 94.4 Å². The van der Waals surface area contributed by atoms with Crippen LogP contribution in [0.25, 0.3) is 5.70 Å². The number of fused-ring (bicyclic) bond motifs is 2. The predicted octanol–water partition coefficient (Wildman–Crippen LogP) is 1.28. The number of hydrazone groups is 1. The molecule has 0 saturated heterocycles. The number of benzene rings is 2. The molecule has 27 heavy (non-hydrogen) atoms. The summed E-state index contributed by atoms with van der Waals surface area (Å²) < 4.78 is 0. The molecule has 2 N–H and O–H groups in total. The number of carboxylic acids is 1.